The summed E-state index contributed by atoms with van der Waals surface area (Å²) in [6.45, 7) is 13.9. The van der Waals surface area contributed by atoms with Crippen molar-refractivity contribution in [3.05, 3.63) is 83.6 Å². The van der Waals surface area contributed by atoms with Gasteiger partial charge >= 0.3 is 0 Å². The summed E-state index contributed by atoms with van der Waals surface area (Å²) in [4.78, 5) is 2.38. The number of rotatable bonds is 7. The van der Waals surface area contributed by atoms with E-state index in [0.717, 1.165) is 47.0 Å². The van der Waals surface area contributed by atoms with Gasteiger partial charge in [-0.05, 0) is 69.7 Å². The van der Waals surface area contributed by atoms with Crippen LogP contribution in [0.4, 0.5) is 11.4 Å². The Bertz CT molecular complexity index is 1680. The van der Waals surface area contributed by atoms with E-state index in [1.807, 2.05) is 30.4 Å². The fraction of sp³-hybridized carbons (Fsp3) is 0.345. The Morgan fingerprint density at radius 3 is 1.97 bits per heavy atom. The molecular weight excluding hydrogens is 575 g/mol. The quantitative estimate of drug-likeness (QED) is 0.198. The van der Waals surface area contributed by atoms with Crippen LogP contribution in [-0.2, 0) is 28.9 Å². The Kier molecular flexibility index (Phi) is 7.75. The maximum atomic E-state index is 11.9. The van der Waals surface area contributed by atoms with Crippen LogP contribution in [0.15, 0.2) is 82.3 Å². The first-order chi connectivity index (χ1) is 18.0. The molecule has 10 heteroatoms. The van der Waals surface area contributed by atoms with E-state index in [1.54, 1.807) is 24.3 Å². The number of nitrogens with zero attached hydrogens (tertiary/aromatic N) is 2. The fourth-order valence-electron chi connectivity index (χ4n) is 5.65. The molecule has 208 valence electrons. The van der Waals surface area contributed by atoms with E-state index in [-0.39, 0.29) is 9.79 Å². The number of fused-ring (bicyclic) bond motifs is 2. The monoisotopic (exact) mass is 607 g/mol. The van der Waals surface area contributed by atoms with Crippen LogP contribution in [0.3, 0.4) is 0 Å². The SMILES string of the molecule is CCN1/C(=C/C=C/C=C/C2=[N+](CC)c3ccc(S(=O)(=O)Cl)cc3C2(C)C)C(C)(C)c2cc(S(=O)(=O)Cl)ccc21. The van der Waals surface area contributed by atoms with E-state index in [4.69, 9.17) is 21.4 Å². The van der Waals surface area contributed by atoms with Crippen LogP contribution in [0, 0.1) is 0 Å². The molecule has 4 rings (SSSR count). The van der Waals surface area contributed by atoms with Crippen molar-refractivity contribution in [1.29, 1.82) is 0 Å². The Hall–Kier alpha value is -2.39. The second-order valence-corrected chi connectivity index (χ2v) is 15.8. The number of benzene rings is 2. The molecule has 0 fully saturated rings. The molecule has 0 amide bonds. The molecule has 0 unspecified atom stereocenters. The van der Waals surface area contributed by atoms with Crippen molar-refractivity contribution < 1.29 is 21.4 Å². The van der Waals surface area contributed by atoms with Crippen molar-refractivity contribution in [2.24, 2.45) is 0 Å². The highest BCUT2D eigenvalue weighted by Gasteiger charge is 2.44. The van der Waals surface area contributed by atoms with Gasteiger partial charge in [0.15, 0.2) is 5.71 Å². The largest absolute Gasteiger partial charge is 0.344 e. The predicted molar refractivity (Wildman–Crippen MR) is 160 cm³/mol. The molecule has 0 spiro atoms. The van der Waals surface area contributed by atoms with Crippen molar-refractivity contribution in [2.75, 3.05) is 18.0 Å². The third kappa shape index (κ3) is 5.24. The van der Waals surface area contributed by atoms with Crippen LogP contribution >= 0.6 is 21.4 Å². The van der Waals surface area contributed by atoms with E-state index in [9.17, 15) is 16.8 Å². The van der Waals surface area contributed by atoms with Gasteiger partial charge in [-0.2, -0.15) is 4.58 Å². The molecule has 2 heterocycles. The summed E-state index contributed by atoms with van der Waals surface area (Å²) in [7, 11) is 3.58. The summed E-state index contributed by atoms with van der Waals surface area (Å²) >= 11 is 0. The van der Waals surface area contributed by atoms with E-state index in [1.165, 1.54) is 0 Å². The van der Waals surface area contributed by atoms with E-state index < -0.39 is 28.9 Å². The van der Waals surface area contributed by atoms with Crippen LogP contribution in [0.1, 0.15) is 52.7 Å². The Labute approximate surface area is 240 Å². The average Bonchev–Trinajstić information content (AvgIpc) is 3.20. The van der Waals surface area contributed by atoms with Crippen molar-refractivity contribution in [1.82, 2.24) is 0 Å². The zero-order valence-corrected chi connectivity index (χ0v) is 26.0. The van der Waals surface area contributed by atoms with Crippen molar-refractivity contribution in [3.63, 3.8) is 0 Å². The summed E-state index contributed by atoms with van der Waals surface area (Å²) in [6, 6.07) is 10.1. The van der Waals surface area contributed by atoms with E-state index in [0.29, 0.717) is 0 Å². The number of anilines is 1. The van der Waals surface area contributed by atoms with E-state index >= 15 is 0 Å². The minimum atomic E-state index is -3.83. The van der Waals surface area contributed by atoms with Gasteiger partial charge in [-0.3, -0.25) is 0 Å². The summed E-state index contributed by atoms with van der Waals surface area (Å²) in [5.74, 6) is 0. The molecular formula is C29H33Cl2N2O4S2+. The minimum Gasteiger partial charge on any atom is -0.344 e. The standard InChI is InChI=1S/C29H33Cl2N2O4S2/c1-7-32-24-16-14-20(38(30,34)35)18-22(24)28(3,4)26(32)12-10-9-11-13-27-29(5,6)23-19-21(39(31,36)37)15-17-25(23)33(27)8-2/h9-19H,7-8H2,1-6H3/q+1. The normalized spacial score (nSPS) is 19.5. The molecule has 0 radical (unpaired) electrons. The molecule has 0 saturated heterocycles. The first kappa shape index (κ1) is 29.6. The number of hydrogen-bond donors (Lipinski definition) is 0. The first-order valence-electron chi connectivity index (χ1n) is 12.7. The molecule has 2 aromatic rings. The third-order valence-corrected chi connectivity index (χ3v) is 10.4. The lowest BCUT2D eigenvalue weighted by Gasteiger charge is -2.25. The van der Waals surface area contributed by atoms with Gasteiger partial charge in [0.2, 0.25) is 5.69 Å². The predicted octanol–water partition coefficient (Wildman–Crippen LogP) is 6.75. The molecule has 2 aromatic carbocycles. The van der Waals surface area contributed by atoms with Crippen LogP contribution in [0.5, 0.6) is 0 Å². The zero-order chi connectivity index (χ0) is 29.0. The maximum Gasteiger partial charge on any atom is 0.261 e. The second-order valence-electron chi connectivity index (χ2n) is 10.7. The summed E-state index contributed by atoms with van der Waals surface area (Å²) in [5, 5.41) is 0. The van der Waals surface area contributed by atoms with Crippen LogP contribution < -0.4 is 4.90 Å². The summed E-state index contributed by atoms with van der Waals surface area (Å²) in [5.41, 5.74) is 5.05. The molecule has 2 aliphatic heterocycles. The summed E-state index contributed by atoms with van der Waals surface area (Å²) < 4.78 is 49.9. The average molecular weight is 609 g/mol. The van der Waals surface area contributed by atoms with Gasteiger partial charge in [-0.15, -0.1) is 0 Å². The second kappa shape index (κ2) is 10.2. The minimum absolute atomic E-state index is 0.0974. The molecule has 0 N–H and O–H groups in total. The smallest absolute Gasteiger partial charge is 0.261 e. The van der Waals surface area contributed by atoms with Crippen molar-refractivity contribution >= 4 is 56.6 Å². The highest BCUT2D eigenvalue weighted by atomic mass is 35.7. The Morgan fingerprint density at radius 2 is 1.41 bits per heavy atom. The van der Waals surface area contributed by atoms with Gasteiger partial charge in [-0.25, -0.2) is 16.8 Å². The zero-order valence-electron chi connectivity index (χ0n) is 22.9. The Morgan fingerprint density at radius 1 is 0.821 bits per heavy atom. The van der Waals surface area contributed by atoms with Crippen LogP contribution in [0.25, 0.3) is 0 Å². The number of allylic oxidation sites excluding steroid dienone is 6. The Balaban J connectivity index is 1.65. The molecule has 0 atom stereocenters. The highest BCUT2D eigenvalue weighted by molar-refractivity contribution is 8.14. The molecule has 0 aromatic heterocycles. The lowest BCUT2D eigenvalue weighted by molar-refractivity contribution is -0.433. The van der Waals surface area contributed by atoms with Crippen molar-refractivity contribution in [3.8, 4) is 0 Å². The molecule has 2 aliphatic rings. The van der Waals surface area contributed by atoms with Gasteiger partial charge < -0.3 is 4.90 Å². The van der Waals surface area contributed by atoms with Gasteiger partial charge in [0.1, 0.15) is 6.54 Å². The van der Waals surface area contributed by atoms with Gasteiger partial charge in [0, 0.05) is 62.4 Å². The molecule has 39 heavy (non-hydrogen) atoms. The lowest BCUT2D eigenvalue weighted by atomic mass is 9.81. The topological polar surface area (TPSA) is 74.5 Å². The van der Waals surface area contributed by atoms with Gasteiger partial charge in [-0.1, -0.05) is 32.1 Å². The number of hydrogen-bond acceptors (Lipinski definition) is 5. The molecule has 0 bridgehead atoms. The third-order valence-electron chi connectivity index (χ3n) is 7.65. The van der Waals surface area contributed by atoms with Crippen LogP contribution in [0.2, 0.25) is 0 Å². The molecule has 0 aliphatic carbocycles. The number of likely N-dealkylation sites (N-methyl/N-ethyl adjacent to an activating group) is 1. The summed E-state index contributed by atoms with van der Waals surface area (Å²) in [6.07, 6.45) is 10.0. The lowest BCUT2D eigenvalue weighted by Crippen LogP contribution is -2.27. The molecule has 0 saturated carbocycles. The fourth-order valence-corrected chi connectivity index (χ4v) is 7.21. The van der Waals surface area contributed by atoms with E-state index in [2.05, 4.69) is 63.2 Å². The number of halogens is 2. The van der Waals surface area contributed by atoms with Crippen molar-refractivity contribution in [2.45, 2.75) is 62.2 Å². The van der Waals surface area contributed by atoms with Gasteiger partial charge in [0.25, 0.3) is 18.1 Å². The highest BCUT2D eigenvalue weighted by Crippen LogP contribution is 2.48. The van der Waals surface area contributed by atoms with Crippen LogP contribution in [-0.4, -0.2) is 40.2 Å². The maximum absolute atomic E-state index is 11.9. The first-order valence-corrected chi connectivity index (χ1v) is 17.3. The molecule has 6 nitrogen and oxygen atoms in total. The van der Waals surface area contributed by atoms with Gasteiger partial charge in [0.05, 0.1) is 15.2 Å².